The van der Waals surface area contributed by atoms with Crippen molar-refractivity contribution >= 4 is 34.0 Å². The van der Waals surface area contributed by atoms with E-state index in [1.165, 1.54) is 11.8 Å². The largest absolute Gasteiger partial charge is 0.381 e. The Morgan fingerprint density at radius 3 is 2.33 bits per heavy atom. The smallest absolute Gasteiger partial charge is 0.176 e. The van der Waals surface area contributed by atoms with Crippen molar-refractivity contribution in [2.45, 2.75) is 40.1 Å². The van der Waals surface area contributed by atoms with E-state index in [4.69, 9.17) is 17.1 Å². The molecule has 0 fully saturated rings. The van der Waals surface area contributed by atoms with Gasteiger partial charge in [0.05, 0.1) is 5.71 Å². The summed E-state index contributed by atoms with van der Waals surface area (Å²) >= 11 is 6.82. The van der Waals surface area contributed by atoms with E-state index >= 15 is 0 Å². The minimum absolute atomic E-state index is 0.0343. The maximum absolute atomic E-state index is 5.29. The molecule has 5 heteroatoms. The lowest BCUT2D eigenvalue weighted by atomic mass is 10.5. The van der Waals surface area contributed by atoms with Crippen LogP contribution in [0.25, 0.3) is 0 Å². The SMILES string of the molecule is CCN(CC)C(=S)S[C@@H](C)ON=C(C)C. The molecule has 1 atom stereocenters. The van der Waals surface area contributed by atoms with Crippen molar-refractivity contribution in [3.63, 3.8) is 0 Å². The number of hydrogen-bond acceptors (Lipinski definition) is 4. The molecular formula is C10H20N2OS2. The first-order chi connectivity index (χ1) is 7.01. The van der Waals surface area contributed by atoms with Crippen molar-refractivity contribution in [3.8, 4) is 0 Å². The zero-order valence-corrected chi connectivity index (χ0v) is 11.7. The molecule has 15 heavy (non-hydrogen) atoms. The molecule has 0 saturated carbocycles. The Morgan fingerprint density at radius 1 is 1.40 bits per heavy atom. The molecule has 0 unspecified atom stereocenters. The van der Waals surface area contributed by atoms with Crippen LogP contribution in [0.4, 0.5) is 0 Å². The summed E-state index contributed by atoms with van der Waals surface area (Å²) in [4.78, 5) is 7.38. The van der Waals surface area contributed by atoms with Gasteiger partial charge in [0, 0.05) is 13.1 Å². The monoisotopic (exact) mass is 248 g/mol. The predicted octanol–water partition coefficient (Wildman–Crippen LogP) is 3.10. The van der Waals surface area contributed by atoms with E-state index in [0.717, 1.165) is 23.1 Å². The summed E-state index contributed by atoms with van der Waals surface area (Å²) in [7, 11) is 0. The van der Waals surface area contributed by atoms with Crippen LogP contribution in [0.1, 0.15) is 34.6 Å². The van der Waals surface area contributed by atoms with Crippen LogP contribution in [0.15, 0.2) is 5.16 Å². The van der Waals surface area contributed by atoms with E-state index in [2.05, 4.69) is 23.9 Å². The Kier molecular flexibility index (Phi) is 7.78. The molecule has 0 spiro atoms. The van der Waals surface area contributed by atoms with E-state index in [9.17, 15) is 0 Å². The zero-order chi connectivity index (χ0) is 11.8. The van der Waals surface area contributed by atoms with Crippen LogP contribution in [0.2, 0.25) is 0 Å². The van der Waals surface area contributed by atoms with E-state index in [1.54, 1.807) is 0 Å². The summed E-state index contributed by atoms with van der Waals surface area (Å²) in [6.45, 7) is 11.8. The lowest BCUT2D eigenvalue weighted by Crippen LogP contribution is -2.28. The first-order valence-corrected chi connectivity index (χ1v) is 6.42. The second-order valence-corrected chi connectivity index (χ2v) is 5.20. The number of rotatable bonds is 5. The average Bonchev–Trinajstić information content (AvgIpc) is 2.16. The summed E-state index contributed by atoms with van der Waals surface area (Å²) in [5.41, 5.74) is 0.879. The molecule has 0 aliphatic carbocycles. The molecule has 0 aliphatic heterocycles. The normalized spacial score (nSPS) is 11.8. The molecule has 88 valence electrons. The number of oxime groups is 1. The molecule has 0 aromatic carbocycles. The van der Waals surface area contributed by atoms with E-state index in [-0.39, 0.29) is 5.44 Å². The second-order valence-electron chi connectivity index (χ2n) is 3.27. The fourth-order valence-corrected chi connectivity index (χ4v) is 2.34. The number of thiocarbonyl (C=S) groups is 1. The van der Waals surface area contributed by atoms with Crippen molar-refractivity contribution < 1.29 is 4.84 Å². The molecule has 0 aromatic rings. The third-order valence-electron chi connectivity index (χ3n) is 1.67. The fourth-order valence-electron chi connectivity index (χ4n) is 0.899. The lowest BCUT2D eigenvalue weighted by Gasteiger charge is -2.22. The fraction of sp³-hybridized carbons (Fsp3) is 0.800. The van der Waals surface area contributed by atoms with Gasteiger partial charge in [-0.15, -0.1) is 0 Å². The number of thioether (sulfide) groups is 1. The van der Waals surface area contributed by atoms with Gasteiger partial charge < -0.3 is 9.74 Å². The topological polar surface area (TPSA) is 24.8 Å². The Hall–Kier alpha value is -0.290. The molecule has 0 bridgehead atoms. The van der Waals surface area contributed by atoms with Gasteiger partial charge in [0.2, 0.25) is 0 Å². The highest BCUT2D eigenvalue weighted by Crippen LogP contribution is 2.17. The molecule has 0 N–H and O–H groups in total. The quantitative estimate of drug-likeness (QED) is 0.323. The van der Waals surface area contributed by atoms with Gasteiger partial charge in [-0.2, -0.15) is 0 Å². The van der Waals surface area contributed by atoms with Gasteiger partial charge in [0.25, 0.3) is 0 Å². The first kappa shape index (κ1) is 14.7. The van der Waals surface area contributed by atoms with E-state index in [0.29, 0.717) is 0 Å². The number of nitrogens with zero attached hydrogens (tertiary/aromatic N) is 2. The Labute approximate surface area is 102 Å². The molecule has 0 aliphatic rings. The van der Waals surface area contributed by atoms with Gasteiger partial charge in [-0.3, -0.25) is 0 Å². The summed E-state index contributed by atoms with van der Waals surface area (Å²) in [6.07, 6.45) is 0. The van der Waals surface area contributed by atoms with Crippen molar-refractivity contribution in [2.75, 3.05) is 13.1 Å². The van der Waals surface area contributed by atoms with Crippen LogP contribution in [-0.4, -0.2) is 33.5 Å². The van der Waals surface area contributed by atoms with Crippen molar-refractivity contribution in [2.24, 2.45) is 5.16 Å². The first-order valence-electron chi connectivity index (χ1n) is 5.13. The summed E-state index contributed by atoms with van der Waals surface area (Å²) in [5.74, 6) is 0. The summed E-state index contributed by atoms with van der Waals surface area (Å²) < 4.78 is 0.872. The van der Waals surface area contributed by atoms with Gasteiger partial charge >= 0.3 is 0 Å². The molecule has 0 heterocycles. The van der Waals surface area contributed by atoms with Crippen molar-refractivity contribution in [3.05, 3.63) is 0 Å². The van der Waals surface area contributed by atoms with Crippen LogP contribution in [0.5, 0.6) is 0 Å². The van der Waals surface area contributed by atoms with Crippen LogP contribution >= 0.6 is 24.0 Å². The molecule has 0 radical (unpaired) electrons. The van der Waals surface area contributed by atoms with Crippen LogP contribution in [0.3, 0.4) is 0 Å². The highest BCUT2D eigenvalue weighted by molar-refractivity contribution is 8.23. The molecule has 3 nitrogen and oxygen atoms in total. The third-order valence-corrected chi connectivity index (χ3v) is 3.10. The average molecular weight is 248 g/mol. The van der Waals surface area contributed by atoms with Gasteiger partial charge in [0.1, 0.15) is 4.32 Å². The Bertz CT molecular complexity index is 223. The minimum atomic E-state index is -0.0343. The lowest BCUT2D eigenvalue weighted by molar-refractivity contribution is 0.134. The van der Waals surface area contributed by atoms with Gasteiger partial charge in [-0.05, 0) is 46.4 Å². The van der Waals surface area contributed by atoms with Crippen molar-refractivity contribution in [1.82, 2.24) is 4.90 Å². The van der Waals surface area contributed by atoms with Crippen LogP contribution < -0.4 is 0 Å². The van der Waals surface area contributed by atoms with Crippen LogP contribution in [-0.2, 0) is 4.84 Å². The molecule has 0 amide bonds. The summed E-state index contributed by atoms with van der Waals surface area (Å²) in [6, 6.07) is 0. The van der Waals surface area contributed by atoms with E-state index < -0.39 is 0 Å². The third kappa shape index (κ3) is 6.73. The standard InChI is InChI=1S/C10H20N2OS2/c1-6-12(7-2)10(14)15-9(5)13-11-8(3)4/h9H,6-7H2,1-5H3/t9-/m0/s1. The van der Waals surface area contributed by atoms with Crippen LogP contribution in [0, 0.1) is 0 Å². The maximum Gasteiger partial charge on any atom is 0.176 e. The second kappa shape index (κ2) is 7.93. The highest BCUT2D eigenvalue weighted by atomic mass is 32.2. The highest BCUT2D eigenvalue weighted by Gasteiger charge is 2.11. The zero-order valence-electron chi connectivity index (χ0n) is 10.1. The van der Waals surface area contributed by atoms with Gasteiger partial charge in [0.15, 0.2) is 5.44 Å². The van der Waals surface area contributed by atoms with Gasteiger partial charge in [-0.1, -0.05) is 17.4 Å². The number of hydrogen-bond donors (Lipinski definition) is 0. The molecule has 0 rings (SSSR count). The Balaban J connectivity index is 4.00. The van der Waals surface area contributed by atoms with Crippen molar-refractivity contribution in [1.29, 1.82) is 0 Å². The molecule has 0 aromatic heterocycles. The molecular weight excluding hydrogens is 228 g/mol. The predicted molar refractivity (Wildman–Crippen MR) is 72.4 cm³/mol. The van der Waals surface area contributed by atoms with E-state index in [1.807, 2.05) is 20.8 Å². The van der Waals surface area contributed by atoms with Gasteiger partial charge in [-0.25, -0.2) is 0 Å². The minimum Gasteiger partial charge on any atom is -0.381 e. The molecule has 0 saturated heterocycles. The maximum atomic E-state index is 5.29. The summed E-state index contributed by atoms with van der Waals surface area (Å²) in [5, 5.41) is 3.91. The Morgan fingerprint density at radius 2 is 1.93 bits per heavy atom.